The molecule has 0 heterocycles. The summed E-state index contributed by atoms with van der Waals surface area (Å²) in [6.07, 6.45) is -4.39. The van der Waals surface area contributed by atoms with Crippen LogP contribution in [0.1, 0.15) is 38.3 Å². The number of alkyl halides is 3. The van der Waals surface area contributed by atoms with Crippen LogP contribution >= 0.6 is 0 Å². The smallest absolute Gasteiger partial charge is 0.373 e. The molecule has 4 heteroatoms. The second kappa shape index (κ2) is 5.95. The van der Waals surface area contributed by atoms with E-state index in [0.717, 1.165) is 12.0 Å². The van der Waals surface area contributed by atoms with E-state index in [1.165, 1.54) is 14.0 Å². The number of ether oxygens (including phenoxy) is 1. The highest BCUT2D eigenvalue weighted by atomic mass is 19.4. The van der Waals surface area contributed by atoms with E-state index in [0.29, 0.717) is 11.5 Å². The third-order valence-electron chi connectivity index (χ3n) is 3.17. The third kappa shape index (κ3) is 4.86. The average Bonchev–Trinajstić information content (AvgIpc) is 2.26. The van der Waals surface area contributed by atoms with Gasteiger partial charge in [-0.25, -0.2) is 0 Å². The van der Waals surface area contributed by atoms with E-state index in [-0.39, 0.29) is 0 Å². The van der Waals surface area contributed by atoms with Crippen molar-refractivity contribution in [2.75, 3.05) is 7.11 Å². The number of hydrogen-bond donors (Lipinski definition) is 0. The van der Waals surface area contributed by atoms with Crippen LogP contribution in [0.2, 0.25) is 0 Å². The molecular weight excluding hydrogens is 253 g/mol. The second-order valence-corrected chi connectivity index (χ2v) is 5.53. The van der Waals surface area contributed by atoms with E-state index >= 15 is 0 Å². The lowest BCUT2D eigenvalue weighted by molar-refractivity contribution is -0.181. The Balaban J connectivity index is 3.04. The highest BCUT2D eigenvalue weighted by Crippen LogP contribution is 2.37. The zero-order valence-electron chi connectivity index (χ0n) is 11.8. The third-order valence-corrected chi connectivity index (χ3v) is 3.17. The van der Waals surface area contributed by atoms with Gasteiger partial charge in [0.25, 0.3) is 0 Å². The Morgan fingerprint density at radius 1 is 1.21 bits per heavy atom. The summed E-state index contributed by atoms with van der Waals surface area (Å²) in [5, 5.41) is 0. The SMILES string of the molecule is COC(C)(CC(F)(F)F)c1cccc(CC(C)C)c1. The van der Waals surface area contributed by atoms with Crippen molar-refractivity contribution in [1.82, 2.24) is 0 Å². The molecule has 1 aromatic carbocycles. The minimum absolute atomic E-state index is 0.465. The van der Waals surface area contributed by atoms with Gasteiger partial charge in [0.15, 0.2) is 0 Å². The first-order chi connectivity index (χ1) is 8.66. The average molecular weight is 274 g/mol. The molecule has 1 atom stereocenters. The molecule has 1 unspecified atom stereocenters. The Morgan fingerprint density at radius 2 is 1.84 bits per heavy atom. The van der Waals surface area contributed by atoms with E-state index < -0.39 is 18.2 Å². The molecule has 0 aliphatic heterocycles. The van der Waals surface area contributed by atoms with E-state index in [1.807, 2.05) is 12.1 Å². The first kappa shape index (κ1) is 16.0. The van der Waals surface area contributed by atoms with E-state index in [2.05, 4.69) is 13.8 Å². The zero-order chi connectivity index (χ0) is 14.7. The summed E-state index contributed by atoms with van der Waals surface area (Å²) in [6.45, 7) is 5.64. The van der Waals surface area contributed by atoms with Crippen LogP contribution in [0.4, 0.5) is 13.2 Å². The van der Waals surface area contributed by atoms with Crippen LogP contribution in [0.3, 0.4) is 0 Å². The van der Waals surface area contributed by atoms with E-state index in [9.17, 15) is 13.2 Å². The number of methoxy groups -OCH3 is 1. The molecule has 0 bridgehead atoms. The fourth-order valence-electron chi connectivity index (χ4n) is 2.17. The standard InChI is InChI=1S/C15H21F3O/c1-11(2)8-12-6-5-7-13(9-12)14(3,19-4)10-15(16,17)18/h5-7,9,11H,8,10H2,1-4H3. The van der Waals surface area contributed by atoms with Gasteiger partial charge >= 0.3 is 6.18 Å². The normalized spacial score (nSPS) is 15.6. The van der Waals surface area contributed by atoms with E-state index in [4.69, 9.17) is 4.74 Å². The molecule has 0 fully saturated rings. The summed E-state index contributed by atoms with van der Waals surface area (Å²) in [5.74, 6) is 0.465. The molecule has 0 spiro atoms. The second-order valence-electron chi connectivity index (χ2n) is 5.53. The Labute approximate surface area is 112 Å². The molecule has 1 aromatic rings. The van der Waals surface area contributed by atoms with Crippen LogP contribution in [0.5, 0.6) is 0 Å². The zero-order valence-corrected chi connectivity index (χ0v) is 11.8. The first-order valence-electron chi connectivity index (χ1n) is 6.37. The highest BCUT2D eigenvalue weighted by molar-refractivity contribution is 5.28. The Hall–Kier alpha value is -1.03. The molecule has 0 saturated heterocycles. The van der Waals surface area contributed by atoms with Crippen molar-refractivity contribution in [3.8, 4) is 0 Å². The quantitative estimate of drug-likeness (QED) is 0.756. The van der Waals surface area contributed by atoms with Crippen molar-refractivity contribution in [3.05, 3.63) is 35.4 Å². The Morgan fingerprint density at radius 3 is 2.32 bits per heavy atom. The number of halogens is 3. The van der Waals surface area contributed by atoms with Gasteiger partial charge in [-0.1, -0.05) is 38.1 Å². The van der Waals surface area contributed by atoms with E-state index in [1.54, 1.807) is 12.1 Å². The molecule has 0 N–H and O–H groups in total. The van der Waals surface area contributed by atoms with Crippen LogP contribution < -0.4 is 0 Å². The Bertz CT molecular complexity index is 412. The monoisotopic (exact) mass is 274 g/mol. The highest BCUT2D eigenvalue weighted by Gasteiger charge is 2.40. The summed E-state index contributed by atoms with van der Waals surface area (Å²) in [7, 11) is 1.32. The van der Waals surface area contributed by atoms with Gasteiger partial charge < -0.3 is 4.74 Å². The Kier molecular flexibility index (Phi) is 5.02. The van der Waals surface area contributed by atoms with Crippen molar-refractivity contribution in [1.29, 1.82) is 0 Å². The molecule has 0 aromatic heterocycles. The maximum absolute atomic E-state index is 12.7. The minimum Gasteiger partial charge on any atom is -0.373 e. The van der Waals surface area contributed by atoms with Crippen molar-refractivity contribution in [3.63, 3.8) is 0 Å². The van der Waals surface area contributed by atoms with Gasteiger partial charge in [0, 0.05) is 7.11 Å². The van der Waals surface area contributed by atoms with Gasteiger partial charge in [0.1, 0.15) is 0 Å². The molecule has 0 amide bonds. The van der Waals surface area contributed by atoms with Gasteiger partial charge in [-0.3, -0.25) is 0 Å². The molecule has 0 radical (unpaired) electrons. The molecule has 0 aliphatic rings. The maximum Gasteiger partial charge on any atom is 0.392 e. The van der Waals surface area contributed by atoms with Crippen LogP contribution in [0, 0.1) is 5.92 Å². The predicted octanol–water partition coefficient (Wildman–Crippen LogP) is 4.70. The topological polar surface area (TPSA) is 9.23 Å². The van der Waals surface area contributed by atoms with Crippen LogP contribution in [0.25, 0.3) is 0 Å². The molecule has 19 heavy (non-hydrogen) atoms. The minimum atomic E-state index is -4.25. The molecule has 0 aliphatic carbocycles. The number of rotatable bonds is 5. The summed E-state index contributed by atoms with van der Waals surface area (Å²) in [6, 6.07) is 7.24. The van der Waals surface area contributed by atoms with Gasteiger partial charge in [-0.15, -0.1) is 0 Å². The van der Waals surface area contributed by atoms with Gasteiger partial charge in [0.05, 0.1) is 12.0 Å². The lowest BCUT2D eigenvalue weighted by Crippen LogP contribution is -2.31. The largest absolute Gasteiger partial charge is 0.392 e. The fraction of sp³-hybridized carbons (Fsp3) is 0.600. The molecule has 0 saturated carbocycles. The van der Waals surface area contributed by atoms with Crippen molar-refractivity contribution < 1.29 is 17.9 Å². The van der Waals surface area contributed by atoms with Crippen molar-refractivity contribution >= 4 is 0 Å². The van der Waals surface area contributed by atoms with Crippen LogP contribution in [-0.2, 0) is 16.8 Å². The molecule has 1 rings (SSSR count). The summed E-state index contributed by atoms with van der Waals surface area (Å²) in [4.78, 5) is 0. The molecule has 1 nitrogen and oxygen atoms in total. The maximum atomic E-state index is 12.7. The molecular formula is C15H21F3O. The molecule has 108 valence electrons. The summed E-state index contributed by atoms with van der Waals surface area (Å²) in [5.41, 5.74) is 0.286. The van der Waals surface area contributed by atoms with Crippen molar-refractivity contribution in [2.24, 2.45) is 5.92 Å². The lowest BCUT2D eigenvalue weighted by Gasteiger charge is -2.30. The van der Waals surface area contributed by atoms with Gasteiger partial charge in [-0.2, -0.15) is 13.2 Å². The lowest BCUT2D eigenvalue weighted by atomic mass is 9.89. The van der Waals surface area contributed by atoms with Crippen LogP contribution in [0.15, 0.2) is 24.3 Å². The summed E-state index contributed by atoms with van der Waals surface area (Å²) >= 11 is 0. The number of benzene rings is 1. The van der Waals surface area contributed by atoms with Crippen molar-refractivity contribution in [2.45, 2.75) is 45.4 Å². The fourth-order valence-corrected chi connectivity index (χ4v) is 2.17. The summed E-state index contributed by atoms with van der Waals surface area (Å²) < 4.78 is 43.1. The number of hydrogen-bond acceptors (Lipinski definition) is 1. The predicted molar refractivity (Wildman–Crippen MR) is 70.0 cm³/mol. The first-order valence-corrected chi connectivity index (χ1v) is 6.37. The van der Waals surface area contributed by atoms with Gasteiger partial charge in [-0.05, 0) is 30.4 Å². The van der Waals surface area contributed by atoms with Crippen LogP contribution in [-0.4, -0.2) is 13.3 Å². The van der Waals surface area contributed by atoms with Gasteiger partial charge in [0.2, 0.25) is 0 Å².